The van der Waals surface area contributed by atoms with Gasteiger partial charge in [0.1, 0.15) is 17.2 Å². The molecule has 1 aliphatic heterocycles. The fraction of sp³-hybridized carbons (Fsp3) is 0.333. The van der Waals surface area contributed by atoms with Crippen molar-refractivity contribution in [2.24, 2.45) is 0 Å². The normalized spacial score (nSPS) is 14.2. The van der Waals surface area contributed by atoms with Crippen LogP contribution in [0.5, 0.6) is 0 Å². The van der Waals surface area contributed by atoms with Crippen molar-refractivity contribution in [3.8, 4) is 0 Å². The van der Waals surface area contributed by atoms with E-state index in [1.807, 2.05) is 18.5 Å². The van der Waals surface area contributed by atoms with Crippen LogP contribution in [0.2, 0.25) is 0 Å². The van der Waals surface area contributed by atoms with Crippen molar-refractivity contribution in [3.05, 3.63) is 42.8 Å². The molecule has 7 nitrogen and oxygen atoms in total. The molecule has 3 aromatic heterocycles. The SMILES string of the molecule is CC(C)n1cnc2cnc(Nc3ccnc(C4=CC[NH2+]CC4)n3)cc21.[Cl-]. The van der Waals surface area contributed by atoms with Crippen molar-refractivity contribution in [2.75, 3.05) is 18.4 Å². The molecule has 0 spiro atoms. The fourth-order valence-corrected chi connectivity index (χ4v) is 3.03. The molecule has 4 heterocycles. The van der Waals surface area contributed by atoms with E-state index in [0.717, 1.165) is 48.0 Å². The number of imidazole rings is 1. The molecule has 3 N–H and O–H groups in total. The molecule has 0 aliphatic carbocycles. The van der Waals surface area contributed by atoms with Gasteiger partial charge < -0.3 is 27.6 Å². The third-order valence-electron chi connectivity index (χ3n) is 4.37. The van der Waals surface area contributed by atoms with Gasteiger partial charge in [-0.1, -0.05) is 0 Å². The zero-order valence-corrected chi connectivity index (χ0v) is 15.6. The molecular formula is C18H22ClN7. The number of anilines is 2. The molecule has 0 fully saturated rings. The molecule has 0 saturated heterocycles. The Hall–Kier alpha value is -2.51. The highest BCUT2D eigenvalue weighted by Crippen LogP contribution is 2.22. The van der Waals surface area contributed by atoms with Crippen LogP contribution in [0.1, 0.15) is 32.1 Å². The number of pyridine rings is 1. The first-order valence-corrected chi connectivity index (χ1v) is 8.64. The third kappa shape index (κ3) is 3.68. The van der Waals surface area contributed by atoms with Gasteiger partial charge >= 0.3 is 0 Å². The van der Waals surface area contributed by atoms with E-state index in [1.165, 1.54) is 5.57 Å². The average molecular weight is 372 g/mol. The minimum Gasteiger partial charge on any atom is -1.00 e. The maximum Gasteiger partial charge on any atom is 0.157 e. The number of halogens is 1. The number of hydrogen-bond acceptors (Lipinski definition) is 5. The van der Waals surface area contributed by atoms with Gasteiger partial charge in [-0.2, -0.15) is 0 Å². The minimum absolute atomic E-state index is 0. The smallest absolute Gasteiger partial charge is 0.157 e. The van der Waals surface area contributed by atoms with Gasteiger partial charge in [-0.3, -0.25) is 0 Å². The lowest BCUT2D eigenvalue weighted by Gasteiger charge is -2.12. The van der Waals surface area contributed by atoms with Crippen LogP contribution in [0.4, 0.5) is 11.6 Å². The van der Waals surface area contributed by atoms with E-state index >= 15 is 0 Å². The van der Waals surface area contributed by atoms with Gasteiger partial charge in [-0.05, 0) is 26.0 Å². The second-order valence-electron chi connectivity index (χ2n) is 6.49. The Bertz CT molecular complexity index is 932. The molecule has 4 rings (SSSR count). The predicted octanol–water partition coefficient (Wildman–Crippen LogP) is -1.10. The summed E-state index contributed by atoms with van der Waals surface area (Å²) in [6.45, 7) is 6.36. The largest absolute Gasteiger partial charge is 1.00 e. The van der Waals surface area contributed by atoms with Crippen molar-refractivity contribution in [1.82, 2.24) is 24.5 Å². The van der Waals surface area contributed by atoms with Crippen molar-refractivity contribution in [1.29, 1.82) is 0 Å². The van der Waals surface area contributed by atoms with E-state index in [4.69, 9.17) is 0 Å². The number of hydrogen-bond donors (Lipinski definition) is 2. The Morgan fingerprint density at radius 1 is 1.19 bits per heavy atom. The lowest BCUT2D eigenvalue weighted by Crippen LogP contribution is -3.00. The fourth-order valence-electron chi connectivity index (χ4n) is 3.03. The van der Waals surface area contributed by atoms with Gasteiger partial charge in [-0.25, -0.2) is 19.9 Å². The zero-order chi connectivity index (χ0) is 17.2. The third-order valence-corrected chi connectivity index (χ3v) is 4.37. The average Bonchev–Trinajstić information content (AvgIpc) is 3.06. The number of quaternary nitrogens is 1. The van der Waals surface area contributed by atoms with Crippen molar-refractivity contribution >= 4 is 28.2 Å². The summed E-state index contributed by atoms with van der Waals surface area (Å²) in [5, 5.41) is 5.57. The van der Waals surface area contributed by atoms with E-state index in [2.05, 4.69) is 55.1 Å². The number of nitrogens with one attached hydrogen (secondary N) is 1. The second-order valence-corrected chi connectivity index (χ2v) is 6.49. The Morgan fingerprint density at radius 2 is 2.08 bits per heavy atom. The van der Waals surface area contributed by atoms with Gasteiger partial charge in [0.25, 0.3) is 0 Å². The van der Waals surface area contributed by atoms with Crippen molar-refractivity contribution in [3.63, 3.8) is 0 Å². The Kier molecular flexibility index (Phi) is 5.49. The zero-order valence-electron chi connectivity index (χ0n) is 14.9. The van der Waals surface area contributed by atoms with E-state index in [0.29, 0.717) is 6.04 Å². The van der Waals surface area contributed by atoms with E-state index < -0.39 is 0 Å². The van der Waals surface area contributed by atoms with Crippen molar-refractivity contribution < 1.29 is 17.7 Å². The lowest BCUT2D eigenvalue weighted by molar-refractivity contribution is -0.646. The quantitative estimate of drug-likeness (QED) is 0.608. The van der Waals surface area contributed by atoms with Crippen LogP contribution in [0.15, 0.2) is 36.9 Å². The highest BCUT2D eigenvalue weighted by molar-refractivity contribution is 5.78. The summed E-state index contributed by atoms with van der Waals surface area (Å²) < 4.78 is 2.14. The molecule has 8 heteroatoms. The standard InChI is InChI=1S/C18H21N7.ClH/c1-12(2)25-11-22-14-10-21-17(9-15(14)25)23-16-5-8-20-18(24-16)13-3-6-19-7-4-13;/h3,5,8-12,19H,4,6-7H2,1-2H3,(H,20,21,23,24);1H. The summed E-state index contributed by atoms with van der Waals surface area (Å²) >= 11 is 0. The first-order chi connectivity index (χ1) is 12.2. The molecule has 0 atom stereocenters. The van der Waals surface area contributed by atoms with E-state index in [1.54, 1.807) is 12.4 Å². The van der Waals surface area contributed by atoms with E-state index in [9.17, 15) is 0 Å². The maximum atomic E-state index is 4.65. The molecule has 0 bridgehead atoms. The first kappa shape index (κ1) is 18.3. The summed E-state index contributed by atoms with van der Waals surface area (Å²) in [5.74, 6) is 2.31. The first-order valence-electron chi connectivity index (χ1n) is 8.64. The highest BCUT2D eigenvalue weighted by Gasteiger charge is 2.12. The highest BCUT2D eigenvalue weighted by atomic mass is 35.5. The molecule has 0 aromatic carbocycles. The van der Waals surface area contributed by atoms with Crippen LogP contribution in [-0.4, -0.2) is 37.6 Å². The van der Waals surface area contributed by atoms with Crippen LogP contribution in [0.3, 0.4) is 0 Å². The van der Waals surface area contributed by atoms with Crippen LogP contribution < -0.4 is 23.0 Å². The van der Waals surface area contributed by atoms with Crippen LogP contribution >= 0.6 is 0 Å². The molecule has 3 aromatic rings. The second kappa shape index (κ2) is 7.80. The summed E-state index contributed by atoms with van der Waals surface area (Å²) in [4.78, 5) is 17.9. The molecule has 26 heavy (non-hydrogen) atoms. The topological polar surface area (TPSA) is 85.1 Å². The Morgan fingerprint density at radius 3 is 2.85 bits per heavy atom. The predicted molar refractivity (Wildman–Crippen MR) is 97.5 cm³/mol. The van der Waals surface area contributed by atoms with Crippen molar-refractivity contribution in [2.45, 2.75) is 26.3 Å². The van der Waals surface area contributed by atoms with Gasteiger partial charge in [-0.15, -0.1) is 0 Å². The Labute approximate surface area is 158 Å². The van der Waals surface area contributed by atoms with Gasteiger partial charge in [0.05, 0.1) is 31.1 Å². The number of aromatic nitrogens is 5. The molecule has 0 amide bonds. The summed E-state index contributed by atoms with van der Waals surface area (Å²) in [6, 6.07) is 4.23. The summed E-state index contributed by atoms with van der Waals surface area (Å²) in [7, 11) is 0. The molecule has 0 saturated carbocycles. The van der Waals surface area contributed by atoms with E-state index in [-0.39, 0.29) is 12.4 Å². The minimum atomic E-state index is 0. The molecular weight excluding hydrogens is 350 g/mol. The summed E-state index contributed by atoms with van der Waals surface area (Å²) in [5.41, 5.74) is 3.17. The van der Waals surface area contributed by atoms with Gasteiger partial charge in [0, 0.05) is 30.3 Å². The number of nitrogens with two attached hydrogens (primary N) is 1. The van der Waals surface area contributed by atoms with Crippen LogP contribution in [-0.2, 0) is 0 Å². The molecule has 136 valence electrons. The molecule has 1 aliphatic rings. The monoisotopic (exact) mass is 371 g/mol. The molecule has 0 unspecified atom stereocenters. The van der Waals surface area contributed by atoms with Crippen LogP contribution in [0.25, 0.3) is 16.6 Å². The van der Waals surface area contributed by atoms with Gasteiger partial charge in [0.15, 0.2) is 5.82 Å². The Balaban J connectivity index is 0.00000196. The summed E-state index contributed by atoms with van der Waals surface area (Å²) in [6.07, 6.45) is 8.64. The van der Waals surface area contributed by atoms with Crippen LogP contribution in [0, 0.1) is 0 Å². The molecule has 0 radical (unpaired) electrons. The number of fused-ring (bicyclic) bond motifs is 1. The van der Waals surface area contributed by atoms with Gasteiger partial charge in [0.2, 0.25) is 0 Å². The number of nitrogens with zero attached hydrogens (tertiary/aromatic N) is 5. The number of rotatable bonds is 4. The lowest BCUT2D eigenvalue weighted by atomic mass is 10.1. The maximum absolute atomic E-state index is 4.65.